The van der Waals surface area contributed by atoms with Gasteiger partial charge in [-0.2, -0.15) is 0 Å². The zero-order valence-electron chi connectivity index (χ0n) is 17.5. The third kappa shape index (κ3) is 3.89. The Morgan fingerprint density at radius 3 is 3.06 bits per heavy atom. The van der Waals surface area contributed by atoms with Crippen LogP contribution in [0.25, 0.3) is 11.5 Å². The number of aromatic nitrogens is 4. The number of nitrogens with one attached hydrogen (secondary N) is 1. The summed E-state index contributed by atoms with van der Waals surface area (Å²) in [7, 11) is 1.55. The second-order valence-corrected chi connectivity index (χ2v) is 7.70. The van der Waals surface area contributed by atoms with Crippen LogP contribution in [0.2, 0.25) is 0 Å². The van der Waals surface area contributed by atoms with Crippen LogP contribution in [0.4, 0.5) is 10.2 Å². The van der Waals surface area contributed by atoms with E-state index in [1.54, 1.807) is 19.2 Å². The third-order valence-corrected chi connectivity index (χ3v) is 5.43. The summed E-state index contributed by atoms with van der Waals surface area (Å²) in [6.07, 6.45) is 2.71. The number of fused-ring (bicyclic) bond motifs is 2. The minimum atomic E-state index is -0.717. The van der Waals surface area contributed by atoms with E-state index in [-0.39, 0.29) is 29.8 Å². The minimum absolute atomic E-state index is 0.162. The molecule has 1 N–H and O–H groups in total. The Morgan fingerprint density at radius 1 is 1.28 bits per heavy atom. The molecule has 1 amide bonds. The molecule has 0 fully saturated rings. The summed E-state index contributed by atoms with van der Waals surface area (Å²) in [5.41, 5.74) is 0.430. The Hall–Kier alpha value is -3.53. The first-order valence-electron chi connectivity index (χ1n) is 10.4. The molecule has 2 aromatic heterocycles. The van der Waals surface area contributed by atoms with Gasteiger partial charge in [-0.1, -0.05) is 6.07 Å². The molecule has 0 aliphatic carbocycles. The molecular weight excluding hydrogens is 417 g/mol. The highest BCUT2D eigenvalue weighted by molar-refractivity contribution is 6.04. The van der Waals surface area contributed by atoms with Crippen molar-refractivity contribution >= 4 is 11.7 Å². The smallest absolute Gasteiger partial charge is 0.259 e. The van der Waals surface area contributed by atoms with E-state index in [0.717, 1.165) is 37.7 Å². The van der Waals surface area contributed by atoms with Crippen LogP contribution in [0.15, 0.2) is 30.3 Å². The van der Waals surface area contributed by atoms with Crippen LogP contribution in [0, 0.1) is 5.82 Å². The predicted molar refractivity (Wildman–Crippen MR) is 112 cm³/mol. The molecule has 0 spiro atoms. The summed E-state index contributed by atoms with van der Waals surface area (Å²) in [6, 6.07) is 7.70. The van der Waals surface area contributed by atoms with Crippen LogP contribution in [-0.2, 0) is 17.7 Å². The number of carbonyl (C=O) groups excluding carboxylic acids is 1. The number of hydrogen-bond acceptors (Lipinski definition) is 7. The predicted octanol–water partition coefficient (Wildman–Crippen LogP) is 2.85. The van der Waals surface area contributed by atoms with Gasteiger partial charge < -0.3 is 24.1 Å². The van der Waals surface area contributed by atoms with Gasteiger partial charge in [-0.25, -0.2) is 9.37 Å². The van der Waals surface area contributed by atoms with Crippen molar-refractivity contribution in [2.75, 3.05) is 25.6 Å². The maximum atomic E-state index is 14.7. The number of aryl methyl sites for hydroxylation is 1. The minimum Gasteiger partial charge on any atom is -0.486 e. The Balaban J connectivity index is 1.36. The molecule has 9 nitrogen and oxygen atoms in total. The van der Waals surface area contributed by atoms with Crippen LogP contribution in [-0.4, -0.2) is 52.1 Å². The third-order valence-electron chi connectivity index (χ3n) is 5.43. The lowest BCUT2D eigenvalue weighted by Gasteiger charge is -2.26. The van der Waals surface area contributed by atoms with E-state index in [9.17, 15) is 9.18 Å². The van der Waals surface area contributed by atoms with Crippen LogP contribution < -0.4 is 14.8 Å². The van der Waals surface area contributed by atoms with Gasteiger partial charge in [-0.3, -0.25) is 4.79 Å². The van der Waals surface area contributed by atoms with Gasteiger partial charge in [0.1, 0.15) is 29.8 Å². The van der Waals surface area contributed by atoms with Crippen LogP contribution in [0.5, 0.6) is 11.5 Å². The molecule has 166 valence electrons. The van der Waals surface area contributed by atoms with Crippen molar-refractivity contribution in [2.45, 2.75) is 31.9 Å². The number of hydrogen-bond donors (Lipinski definition) is 1. The normalized spacial score (nSPS) is 17.0. The average Bonchev–Trinajstić information content (AvgIpc) is 3.23. The molecule has 0 bridgehead atoms. The van der Waals surface area contributed by atoms with Crippen molar-refractivity contribution in [1.82, 2.24) is 19.7 Å². The molecule has 2 aliphatic rings. The first-order chi connectivity index (χ1) is 15.6. The molecule has 1 aromatic carbocycles. The molecule has 0 saturated heterocycles. The Labute approximate surface area is 183 Å². The molecule has 3 aromatic rings. The van der Waals surface area contributed by atoms with E-state index >= 15 is 0 Å². The molecule has 2 aliphatic heterocycles. The van der Waals surface area contributed by atoms with Crippen LogP contribution >= 0.6 is 0 Å². The molecule has 1 unspecified atom stereocenters. The van der Waals surface area contributed by atoms with Crippen molar-refractivity contribution in [3.63, 3.8) is 0 Å². The zero-order valence-corrected chi connectivity index (χ0v) is 17.5. The van der Waals surface area contributed by atoms with E-state index in [4.69, 9.17) is 14.2 Å². The van der Waals surface area contributed by atoms with Gasteiger partial charge in [0.2, 0.25) is 0 Å². The van der Waals surface area contributed by atoms with Crippen molar-refractivity contribution in [1.29, 1.82) is 0 Å². The van der Waals surface area contributed by atoms with E-state index in [2.05, 4.69) is 25.1 Å². The lowest BCUT2D eigenvalue weighted by atomic mass is 10.1. The zero-order chi connectivity index (χ0) is 22.1. The summed E-state index contributed by atoms with van der Waals surface area (Å²) >= 11 is 0. The topological polar surface area (TPSA) is 100 Å². The highest BCUT2D eigenvalue weighted by Gasteiger charge is 2.25. The number of carbonyl (C=O) groups is 1. The standard InChI is InChI=1S/C22H22FN5O4/c1-30-11-13-12-31-17-9-14(15(23)10-18(17)32-13)22(29)25-19-6-4-5-16(24-19)21-27-26-20-7-2-3-8-28(20)21/h4-6,9-10,13H,2-3,7-8,11-12H2,1H3,(H,24,25,29). The van der Waals surface area contributed by atoms with Gasteiger partial charge in [0.15, 0.2) is 23.4 Å². The van der Waals surface area contributed by atoms with Crippen molar-refractivity contribution in [3.05, 3.63) is 47.5 Å². The van der Waals surface area contributed by atoms with Crippen molar-refractivity contribution < 1.29 is 23.4 Å². The summed E-state index contributed by atoms with van der Waals surface area (Å²) in [5.74, 6) is 1.08. The van der Waals surface area contributed by atoms with E-state index in [1.165, 1.54) is 6.07 Å². The highest BCUT2D eigenvalue weighted by Crippen LogP contribution is 2.34. The van der Waals surface area contributed by atoms with Gasteiger partial charge in [0, 0.05) is 26.1 Å². The lowest BCUT2D eigenvalue weighted by molar-refractivity contribution is 0.0268. The monoisotopic (exact) mass is 439 g/mol. The number of pyridine rings is 1. The fourth-order valence-electron chi connectivity index (χ4n) is 3.89. The molecule has 0 saturated carbocycles. The van der Waals surface area contributed by atoms with Crippen LogP contribution in [0.3, 0.4) is 0 Å². The molecule has 5 rings (SSSR count). The van der Waals surface area contributed by atoms with E-state index in [1.807, 2.05) is 6.07 Å². The lowest BCUT2D eigenvalue weighted by Crippen LogP contribution is -2.33. The number of benzene rings is 1. The number of amides is 1. The van der Waals surface area contributed by atoms with Gasteiger partial charge in [0.05, 0.1) is 12.2 Å². The Morgan fingerprint density at radius 2 is 2.19 bits per heavy atom. The number of anilines is 1. The first-order valence-corrected chi connectivity index (χ1v) is 10.4. The van der Waals surface area contributed by atoms with Gasteiger partial charge >= 0.3 is 0 Å². The molecule has 4 heterocycles. The van der Waals surface area contributed by atoms with Crippen LogP contribution in [0.1, 0.15) is 29.0 Å². The summed E-state index contributed by atoms with van der Waals surface area (Å²) in [5, 5.41) is 11.2. The second-order valence-electron chi connectivity index (χ2n) is 7.70. The highest BCUT2D eigenvalue weighted by atomic mass is 19.1. The fourth-order valence-corrected chi connectivity index (χ4v) is 3.89. The van der Waals surface area contributed by atoms with Crippen molar-refractivity contribution in [2.24, 2.45) is 0 Å². The summed E-state index contributed by atoms with van der Waals surface area (Å²) in [4.78, 5) is 17.3. The van der Waals surface area contributed by atoms with E-state index < -0.39 is 11.7 Å². The number of halogens is 1. The second kappa shape index (κ2) is 8.54. The first kappa shape index (κ1) is 20.4. The average molecular weight is 439 g/mol. The SMILES string of the molecule is COCC1COc2cc(C(=O)Nc3cccc(-c4nnc5n4CCCC5)n3)c(F)cc2O1. The number of ether oxygens (including phenoxy) is 3. The molecular formula is C22H22FN5O4. The number of rotatable bonds is 5. The van der Waals surface area contributed by atoms with Crippen molar-refractivity contribution in [3.8, 4) is 23.0 Å². The maximum Gasteiger partial charge on any atom is 0.259 e. The molecule has 32 heavy (non-hydrogen) atoms. The largest absolute Gasteiger partial charge is 0.486 e. The van der Waals surface area contributed by atoms with Gasteiger partial charge in [0.25, 0.3) is 5.91 Å². The van der Waals surface area contributed by atoms with Gasteiger partial charge in [-0.05, 0) is 31.0 Å². The number of nitrogens with zero attached hydrogens (tertiary/aromatic N) is 4. The van der Waals surface area contributed by atoms with Gasteiger partial charge in [-0.15, -0.1) is 10.2 Å². The van der Waals surface area contributed by atoms with E-state index in [0.29, 0.717) is 23.9 Å². The quantitative estimate of drug-likeness (QED) is 0.652. The maximum absolute atomic E-state index is 14.7. The summed E-state index contributed by atoms with van der Waals surface area (Å²) < 4.78 is 33.0. The Bertz CT molecular complexity index is 1170. The number of methoxy groups -OCH3 is 1. The fraction of sp³-hybridized carbons (Fsp3) is 0.364. The molecule has 0 radical (unpaired) electrons. The molecule has 1 atom stereocenters. The molecule has 10 heteroatoms. The summed E-state index contributed by atoms with van der Waals surface area (Å²) in [6.45, 7) is 1.41. The Kier molecular flexibility index (Phi) is 5.44.